The van der Waals surface area contributed by atoms with Crippen molar-refractivity contribution in [2.24, 2.45) is 0 Å². The quantitative estimate of drug-likeness (QED) is 0.0261. The summed E-state index contributed by atoms with van der Waals surface area (Å²) in [6.07, 6.45) is 60.1. The number of hydrogen-bond donors (Lipinski definition) is 6. The Hall–Kier alpha value is -1.07. The van der Waals surface area contributed by atoms with Crippen LogP contribution in [0.15, 0.2) is 12.2 Å². The number of nitrogens with one attached hydrogen (secondary N) is 1. The standard InChI is InChI=1S/C63H123NO8/c1-3-5-7-9-11-13-15-17-19-21-23-25-27-28-29-30-31-33-35-37-39-41-43-45-47-49-51-53-59(67)64-56(55-71-63-62(70)61(69)60(68)58(54-65)72-63)57(66)52-50-48-46-44-42-40-38-36-34-32-26-24-22-20-18-16-14-12-10-8-6-4-2/h50,52,56-58,60-63,65-66,68-70H,3-49,51,53-55H2,1-2H3,(H,64,67)/b52-50+. The second-order valence-corrected chi connectivity index (χ2v) is 22.6. The first-order valence-corrected chi connectivity index (χ1v) is 31.9. The number of allylic oxidation sites excluding steroid dienone is 1. The minimum atomic E-state index is -1.56. The van der Waals surface area contributed by atoms with Gasteiger partial charge in [-0.2, -0.15) is 0 Å². The maximum Gasteiger partial charge on any atom is 0.220 e. The largest absolute Gasteiger partial charge is 0.394 e. The topological polar surface area (TPSA) is 149 Å². The van der Waals surface area contributed by atoms with Gasteiger partial charge >= 0.3 is 0 Å². The van der Waals surface area contributed by atoms with Crippen LogP contribution in [-0.2, 0) is 14.3 Å². The lowest BCUT2D eigenvalue weighted by atomic mass is 9.99. The van der Waals surface area contributed by atoms with E-state index in [4.69, 9.17) is 9.47 Å². The third-order valence-electron chi connectivity index (χ3n) is 15.6. The number of carbonyl (C=O) groups is 1. The van der Waals surface area contributed by atoms with Crippen LogP contribution in [0.4, 0.5) is 0 Å². The summed E-state index contributed by atoms with van der Waals surface area (Å²) in [5.74, 6) is -0.168. The van der Waals surface area contributed by atoms with E-state index >= 15 is 0 Å². The summed E-state index contributed by atoms with van der Waals surface area (Å²) in [6.45, 7) is 3.84. The molecule has 428 valence electrons. The van der Waals surface area contributed by atoms with Gasteiger partial charge in [-0.25, -0.2) is 0 Å². The van der Waals surface area contributed by atoms with Gasteiger partial charge in [0.1, 0.15) is 24.4 Å². The van der Waals surface area contributed by atoms with Crippen molar-refractivity contribution in [3.63, 3.8) is 0 Å². The van der Waals surface area contributed by atoms with Crippen LogP contribution in [0, 0.1) is 0 Å². The Morgan fingerprint density at radius 1 is 0.458 bits per heavy atom. The molecule has 1 aliphatic heterocycles. The summed E-state index contributed by atoms with van der Waals surface area (Å²) < 4.78 is 11.3. The molecule has 1 saturated heterocycles. The third kappa shape index (κ3) is 42.1. The SMILES string of the molecule is CCCCCCCCCCCCCCCCCCCCCC/C=C/C(O)C(COC1OC(CO)C(O)C(O)C1O)NC(=O)CCCCCCCCCCCCCCCCCCCCCCCCCCCCC. The second kappa shape index (κ2) is 53.3. The lowest BCUT2D eigenvalue weighted by Gasteiger charge is -2.40. The van der Waals surface area contributed by atoms with Crippen molar-refractivity contribution in [3.8, 4) is 0 Å². The molecule has 0 radical (unpaired) electrons. The molecule has 0 aliphatic carbocycles. The highest BCUT2D eigenvalue weighted by Gasteiger charge is 2.44. The van der Waals surface area contributed by atoms with Crippen LogP contribution in [0.3, 0.4) is 0 Å². The fourth-order valence-electron chi connectivity index (χ4n) is 10.6. The Balaban J connectivity index is 2.16. The van der Waals surface area contributed by atoms with Crippen LogP contribution in [0.25, 0.3) is 0 Å². The molecule has 6 N–H and O–H groups in total. The average Bonchev–Trinajstić information content (AvgIpc) is 3.38. The molecule has 7 atom stereocenters. The van der Waals surface area contributed by atoms with E-state index in [1.807, 2.05) is 6.08 Å². The predicted octanol–water partition coefficient (Wildman–Crippen LogP) is 16.4. The fraction of sp³-hybridized carbons (Fsp3) is 0.952. The molecule has 72 heavy (non-hydrogen) atoms. The molecule has 0 spiro atoms. The Kier molecular flexibility index (Phi) is 51.1. The highest BCUT2D eigenvalue weighted by Crippen LogP contribution is 2.23. The summed E-state index contributed by atoms with van der Waals surface area (Å²) in [5.41, 5.74) is 0. The van der Waals surface area contributed by atoms with Crippen LogP contribution >= 0.6 is 0 Å². The van der Waals surface area contributed by atoms with E-state index in [1.54, 1.807) is 6.08 Å². The molecule has 1 amide bonds. The number of aliphatic hydroxyl groups excluding tert-OH is 5. The van der Waals surface area contributed by atoms with Gasteiger partial charge in [0.2, 0.25) is 5.91 Å². The zero-order chi connectivity index (χ0) is 52.2. The zero-order valence-corrected chi connectivity index (χ0v) is 47.7. The van der Waals surface area contributed by atoms with Gasteiger partial charge in [-0.1, -0.05) is 315 Å². The molecule has 0 aromatic heterocycles. The first-order chi connectivity index (χ1) is 35.3. The zero-order valence-electron chi connectivity index (χ0n) is 47.7. The number of aliphatic hydroxyl groups is 5. The van der Waals surface area contributed by atoms with Crippen LogP contribution < -0.4 is 5.32 Å². The molecule has 1 heterocycles. The molecule has 0 saturated carbocycles. The molecule has 9 heteroatoms. The normalized spacial score (nSPS) is 19.1. The number of ether oxygens (including phenoxy) is 2. The number of amides is 1. The molecule has 0 bridgehead atoms. The highest BCUT2D eigenvalue weighted by atomic mass is 16.7. The van der Waals surface area contributed by atoms with E-state index in [9.17, 15) is 30.3 Å². The van der Waals surface area contributed by atoms with Gasteiger partial charge < -0.3 is 40.3 Å². The highest BCUT2D eigenvalue weighted by molar-refractivity contribution is 5.76. The summed E-state index contributed by atoms with van der Waals surface area (Å²) in [5, 5.41) is 54.6. The molecule has 1 fully saturated rings. The second-order valence-electron chi connectivity index (χ2n) is 22.6. The van der Waals surface area contributed by atoms with Crippen molar-refractivity contribution in [3.05, 3.63) is 12.2 Å². The van der Waals surface area contributed by atoms with E-state index in [-0.39, 0.29) is 12.5 Å². The maximum atomic E-state index is 13.1. The summed E-state index contributed by atoms with van der Waals surface area (Å²) in [7, 11) is 0. The van der Waals surface area contributed by atoms with E-state index in [1.165, 1.54) is 270 Å². The van der Waals surface area contributed by atoms with Crippen LogP contribution in [0.1, 0.15) is 328 Å². The summed E-state index contributed by atoms with van der Waals surface area (Å²) in [4.78, 5) is 13.1. The average molecular weight is 1020 g/mol. The van der Waals surface area contributed by atoms with Crippen molar-refractivity contribution in [2.45, 2.75) is 371 Å². The predicted molar refractivity (Wildman–Crippen MR) is 304 cm³/mol. The Morgan fingerprint density at radius 3 is 1.08 bits per heavy atom. The fourth-order valence-corrected chi connectivity index (χ4v) is 10.6. The van der Waals surface area contributed by atoms with E-state index in [0.717, 1.165) is 38.5 Å². The monoisotopic (exact) mass is 1020 g/mol. The summed E-state index contributed by atoms with van der Waals surface area (Å²) >= 11 is 0. The Labute approximate surface area is 446 Å². The van der Waals surface area contributed by atoms with Crippen molar-refractivity contribution >= 4 is 5.91 Å². The van der Waals surface area contributed by atoms with E-state index in [0.29, 0.717) is 6.42 Å². The molecular weight excluding hydrogens is 899 g/mol. The summed E-state index contributed by atoms with van der Waals surface area (Å²) in [6, 6.07) is -0.801. The minimum absolute atomic E-state index is 0.168. The van der Waals surface area contributed by atoms with Crippen LogP contribution in [0.2, 0.25) is 0 Å². The van der Waals surface area contributed by atoms with Crippen molar-refractivity contribution in [1.82, 2.24) is 5.32 Å². The number of hydrogen-bond acceptors (Lipinski definition) is 8. The lowest BCUT2D eigenvalue weighted by Crippen LogP contribution is -2.60. The van der Waals surface area contributed by atoms with E-state index < -0.39 is 49.5 Å². The van der Waals surface area contributed by atoms with Crippen LogP contribution in [0.5, 0.6) is 0 Å². The van der Waals surface area contributed by atoms with Crippen molar-refractivity contribution < 1.29 is 39.8 Å². The van der Waals surface area contributed by atoms with E-state index in [2.05, 4.69) is 19.2 Å². The van der Waals surface area contributed by atoms with Gasteiger partial charge in [0.05, 0.1) is 25.4 Å². The molecule has 9 nitrogen and oxygen atoms in total. The van der Waals surface area contributed by atoms with Crippen LogP contribution in [-0.4, -0.2) is 87.5 Å². The molecule has 0 aromatic carbocycles. The maximum absolute atomic E-state index is 13.1. The lowest BCUT2D eigenvalue weighted by molar-refractivity contribution is -0.302. The Bertz CT molecular complexity index is 1140. The Morgan fingerprint density at radius 2 is 0.764 bits per heavy atom. The van der Waals surface area contributed by atoms with Crippen molar-refractivity contribution in [2.75, 3.05) is 13.2 Å². The minimum Gasteiger partial charge on any atom is -0.394 e. The molecule has 1 rings (SSSR count). The number of rotatable bonds is 56. The number of unbranched alkanes of at least 4 members (excludes halogenated alkanes) is 46. The third-order valence-corrected chi connectivity index (χ3v) is 15.6. The van der Waals surface area contributed by atoms with Gasteiger partial charge in [-0.05, 0) is 19.3 Å². The van der Waals surface area contributed by atoms with Gasteiger partial charge in [-0.15, -0.1) is 0 Å². The van der Waals surface area contributed by atoms with Gasteiger partial charge in [0.25, 0.3) is 0 Å². The molecule has 7 unspecified atom stereocenters. The smallest absolute Gasteiger partial charge is 0.220 e. The molecule has 0 aromatic rings. The van der Waals surface area contributed by atoms with Gasteiger partial charge in [0.15, 0.2) is 6.29 Å². The molecule has 1 aliphatic rings. The first kappa shape index (κ1) is 68.9. The number of carbonyl (C=O) groups excluding carboxylic acids is 1. The van der Waals surface area contributed by atoms with Crippen molar-refractivity contribution in [1.29, 1.82) is 0 Å². The van der Waals surface area contributed by atoms with Gasteiger partial charge in [-0.3, -0.25) is 4.79 Å². The molecular formula is C63H123NO8. The van der Waals surface area contributed by atoms with Gasteiger partial charge in [0, 0.05) is 6.42 Å². The first-order valence-electron chi connectivity index (χ1n) is 31.9.